The molecule has 128 valence electrons. The van der Waals surface area contributed by atoms with Gasteiger partial charge in [0.1, 0.15) is 11.4 Å². The third-order valence-electron chi connectivity index (χ3n) is 4.53. The summed E-state index contributed by atoms with van der Waals surface area (Å²) in [5, 5.41) is 12.5. The summed E-state index contributed by atoms with van der Waals surface area (Å²) >= 11 is 0. The zero-order chi connectivity index (χ0) is 17.7. The lowest BCUT2D eigenvalue weighted by Crippen LogP contribution is -2.37. The van der Waals surface area contributed by atoms with Gasteiger partial charge in [0.2, 0.25) is 0 Å². The Labute approximate surface area is 144 Å². The van der Waals surface area contributed by atoms with E-state index in [1.165, 1.54) is 0 Å². The van der Waals surface area contributed by atoms with E-state index >= 15 is 0 Å². The third-order valence-corrected chi connectivity index (χ3v) is 4.53. The average molecular weight is 337 g/mol. The van der Waals surface area contributed by atoms with Crippen LogP contribution in [-0.4, -0.2) is 42.1 Å². The van der Waals surface area contributed by atoms with Crippen LogP contribution in [0, 0.1) is 20.8 Å². The van der Waals surface area contributed by atoms with Crippen LogP contribution >= 0.6 is 0 Å². The highest BCUT2D eigenvalue weighted by atomic mass is 16.2. The zero-order valence-corrected chi connectivity index (χ0v) is 14.4. The largest absolute Gasteiger partial charge is 0.382 e. The van der Waals surface area contributed by atoms with Crippen LogP contribution in [0.1, 0.15) is 38.7 Å². The lowest BCUT2D eigenvalue weighted by Gasteiger charge is -2.27. The van der Waals surface area contributed by atoms with Gasteiger partial charge < -0.3 is 10.6 Å². The second-order valence-electron chi connectivity index (χ2n) is 6.45. The molecule has 2 N–H and O–H groups in total. The van der Waals surface area contributed by atoms with Gasteiger partial charge in [0.25, 0.3) is 5.91 Å². The maximum atomic E-state index is 13.2. The van der Waals surface area contributed by atoms with Gasteiger partial charge in [-0.2, -0.15) is 10.2 Å². The van der Waals surface area contributed by atoms with Crippen LogP contribution in [0.2, 0.25) is 0 Å². The first-order valence-corrected chi connectivity index (χ1v) is 8.18. The topological polar surface area (TPSA) is 102 Å². The highest BCUT2D eigenvalue weighted by molar-refractivity contribution is 6.01. The normalized spacial score (nSPS) is 14.0. The molecular weight excluding hydrogens is 318 g/mol. The van der Waals surface area contributed by atoms with Gasteiger partial charge >= 0.3 is 0 Å². The molecule has 0 spiro atoms. The SMILES string of the molecule is Cc1cc(C)n2nc(C)c(C(=O)N3CCc4nnc(N)cc4C3)c2n1. The summed E-state index contributed by atoms with van der Waals surface area (Å²) in [5.41, 5.74) is 11.3. The molecule has 0 fully saturated rings. The summed E-state index contributed by atoms with van der Waals surface area (Å²) in [6, 6.07) is 3.74. The monoisotopic (exact) mass is 337 g/mol. The highest BCUT2D eigenvalue weighted by Gasteiger charge is 2.28. The quantitative estimate of drug-likeness (QED) is 0.716. The molecule has 25 heavy (non-hydrogen) atoms. The second-order valence-corrected chi connectivity index (χ2v) is 6.45. The Morgan fingerprint density at radius 3 is 2.80 bits per heavy atom. The molecule has 4 heterocycles. The van der Waals surface area contributed by atoms with Gasteiger partial charge in [0.15, 0.2) is 5.65 Å². The number of carbonyl (C=O) groups excluding carboxylic acids is 1. The number of rotatable bonds is 1. The summed E-state index contributed by atoms with van der Waals surface area (Å²) < 4.78 is 1.73. The fraction of sp³-hybridized carbons (Fsp3) is 0.353. The molecule has 0 unspecified atom stereocenters. The highest BCUT2D eigenvalue weighted by Crippen LogP contribution is 2.23. The van der Waals surface area contributed by atoms with Crippen LogP contribution < -0.4 is 5.73 Å². The first-order chi connectivity index (χ1) is 11.9. The van der Waals surface area contributed by atoms with Crippen molar-refractivity contribution in [1.82, 2.24) is 29.7 Å². The molecule has 0 saturated carbocycles. The van der Waals surface area contributed by atoms with Crippen LogP contribution in [-0.2, 0) is 13.0 Å². The van der Waals surface area contributed by atoms with Gasteiger partial charge in [0.05, 0.1) is 11.4 Å². The Kier molecular flexibility index (Phi) is 3.41. The molecule has 8 heteroatoms. The summed E-state index contributed by atoms with van der Waals surface area (Å²) in [6.45, 7) is 6.78. The van der Waals surface area contributed by atoms with Crippen molar-refractivity contribution in [3.8, 4) is 0 Å². The van der Waals surface area contributed by atoms with E-state index in [1.54, 1.807) is 15.5 Å². The second kappa shape index (κ2) is 5.51. The van der Waals surface area contributed by atoms with Crippen molar-refractivity contribution in [2.24, 2.45) is 0 Å². The first kappa shape index (κ1) is 15.5. The van der Waals surface area contributed by atoms with E-state index in [-0.39, 0.29) is 5.91 Å². The van der Waals surface area contributed by atoms with Crippen molar-refractivity contribution in [2.75, 3.05) is 12.3 Å². The number of aryl methyl sites for hydroxylation is 3. The summed E-state index contributed by atoms with van der Waals surface area (Å²) in [6.07, 6.45) is 0.665. The molecule has 0 aliphatic carbocycles. The molecular formula is C17H19N7O. The van der Waals surface area contributed by atoms with Crippen molar-refractivity contribution in [2.45, 2.75) is 33.7 Å². The molecule has 4 rings (SSSR count). The Bertz CT molecular complexity index is 1010. The number of amides is 1. The lowest BCUT2D eigenvalue weighted by atomic mass is 10.1. The molecule has 0 bridgehead atoms. The minimum Gasteiger partial charge on any atom is -0.382 e. The predicted octanol–water partition coefficient (Wildman–Crippen LogP) is 1.23. The van der Waals surface area contributed by atoms with E-state index < -0.39 is 0 Å². The van der Waals surface area contributed by atoms with E-state index in [1.807, 2.05) is 26.8 Å². The smallest absolute Gasteiger partial charge is 0.259 e. The van der Waals surface area contributed by atoms with E-state index in [4.69, 9.17) is 5.73 Å². The predicted molar refractivity (Wildman–Crippen MR) is 92.1 cm³/mol. The minimum absolute atomic E-state index is 0.0639. The Morgan fingerprint density at radius 2 is 2.00 bits per heavy atom. The van der Waals surface area contributed by atoms with Gasteiger partial charge in [-0.25, -0.2) is 9.50 Å². The number of aromatic nitrogens is 5. The van der Waals surface area contributed by atoms with Crippen molar-refractivity contribution in [3.05, 3.63) is 46.0 Å². The number of hydrogen-bond donors (Lipinski definition) is 1. The van der Waals surface area contributed by atoms with Crippen molar-refractivity contribution >= 4 is 17.4 Å². The van der Waals surface area contributed by atoms with E-state index in [0.717, 1.165) is 22.6 Å². The number of hydrogen-bond acceptors (Lipinski definition) is 6. The standard InChI is InChI=1S/C17H19N7O/c1-9-6-10(2)24-16(19-9)15(11(3)22-24)17(25)23-5-4-13-12(8-23)7-14(18)21-20-13/h6-7H,4-5,8H2,1-3H3,(H2,18,21). The molecule has 1 amide bonds. The molecule has 1 aliphatic heterocycles. The summed E-state index contributed by atoms with van der Waals surface area (Å²) in [4.78, 5) is 19.5. The molecule has 0 aromatic carbocycles. The third kappa shape index (κ3) is 2.50. The van der Waals surface area contributed by atoms with Gasteiger partial charge in [-0.1, -0.05) is 0 Å². The molecule has 0 atom stereocenters. The van der Waals surface area contributed by atoms with Crippen molar-refractivity contribution < 1.29 is 4.79 Å². The number of nitrogens with zero attached hydrogens (tertiary/aromatic N) is 6. The molecule has 8 nitrogen and oxygen atoms in total. The summed E-state index contributed by atoms with van der Waals surface area (Å²) in [7, 11) is 0. The van der Waals surface area contributed by atoms with Crippen LogP contribution in [0.5, 0.6) is 0 Å². The maximum absolute atomic E-state index is 13.2. The number of nitrogen functional groups attached to an aromatic ring is 1. The number of anilines is 1. The molecule has 1 aliphatic rings. The van der Waals surface area contributed by atoms with Crippen molar-refractivity contribution in [1.29, 1.82) is 0 Å². The van der Waals surface area contributed by atoms with E-state index in [9.17, 15) is 4.79 Å². The lowest BCUT2D eigenvalue weighted by molar-refractivity contribution is 0.0734. The molecule has 3 aromatic rings. The fourth-order valence-electron chi connectivity index (χ4n) is 3.35. The van der Waals surface area contributed by atoms with Crippen LogP contribution in [0.4, 0.5) is 5.82 Å². The summed E-state index contributed by atoms with van der Waals surface area (Å²) in [5.74, 6) is 0.305. The van der Waals surface area contributed by atoms with Gasteiger partial charge in [0, 0.05) is 30.9 Å². The van der Waals surface area contributed by atoms with Gasteiger partial charge in [-0.15, -0.1) is 5.10 Å². The van der Waals surface area contributed by atoms with E-state index in [0.29, 0.717) is 42.2 Å². The fourth-order valence-corrected chi connectivity index (χ4v) is 3.35. The number of nitrogens with two attached hydrogens (primary N) is 1. The van der Waals surface area contributed by atoms with Crippen LogP contribution in [0.15, 0.2) is 12.1 Å². The zero-order valence-electron chi connectivity index (χ0n) is 14.4. The van der Waals surface area contributed by atoms with E-state index in [2.05, 4.69) is 20.3 Å². The number of fused-ring (bicyclic) bond motifs is 2. The minimum atomic E-state index is -0.0639. The number of carbonyl (C=O) groups is 1. The van der Waals surface area contributed by atoms with Gasteiger partial charge in [-0.3, -0.25) is 4.79 Å². The Hall–Kier alpha value is -3.03. The Morgan fingerprint density at radius 1 is 1.20 bits per heavy atom. The molecule has 0 saturated heterocycles. The average Bonchev–Trinajstić information content (AvgIpc) is 2.90. The Balaban J connectivity index is 1.75. The molecule has 0 radical (unpaired) electrons. The van der Waals surface area contributed by atoms with Crippen molar-refractivity contribution in [3.63, 3.8) is 0 Å². The molecule has 3 aromatic heterocycles. The van der Waals surface area contributed by atoms with Gasteiger partial charge in [-0.05, 0) is 38.5 Å². The van der Waals surface area contributed by atoms with Crippen LogP contribution in [0.3, 0.4) is 0 Å². The maximum Gasteiger partial charge on any atom is 0.259 e. The van der Waals surface area contributed by atoms with Crippen LogP contribution in [0.25, 0.3) is 5.65 Å². The first-order valence-electron chi connectivity index (χ1n) is 8.18.